The van der Waals surface area contributed by atoms with Gasteiger partial charge in [0.25, 0.3) is 5.91 Å². The molecule has 0 radical (unpaired) electrons. The van der Waals surface area contributed by atoms with Gasteiger partial charge in [0.05, 0.1) is 0 Å². The molecule has 0 spiro atoms. The van der Waals surface area contributed by atoms with Crippen LogP contribution in [0.2, 0.25) is 0 Å². The number of hydrogen-bond acceptors (Lipinski definition) is 3. The van der Waals surface area contributed by atoms with Crippen LogP contribution in [0.5, 0.6) is 0 Å². The van der Waals surface area contributed by atoms with Crippen molar-refractivity contribution in [1.29, 1.82) is 0 Å². The van der Waals surface area contributed by atoms with Crippen LogP contribution in [-0.4, -0.2) is 10.9 Å². The predicted octanol–water partition coefficient (Wildman–Crippen LogP) is 2.90. The summed E-state index contributed by atoms with van der Waals surface area (Å²) in [7, 11) is 0. The molecule has 0 saturated carbocycles. The molecule has 23 heavy (non-hydrogen) atoms. The number of pyridine rings is 1. The van der Waals surface area contributed by atoms with Crippen LogP contribution in [0.15, 0.2) is 79.0 Å². The Kier molecular flexibility index (Phi) is 2.99. The normalized spacial score (nSPS) is 19.7. The van der Waals surface area contributed by atoms with Gasteiger partial charge in [0.1, 0.15) is 5.82 Å². The number of benzene rings is 2. The van der Waals surface area contributed by atoms with Crippen LogP contribution < -0.4 is 10.6 Å². The van der Waals surface area contributed by atoms with Crippen molar-refractivity contribution in [2.24, 2.45) is 5.73 Å². The number of carbonyl (C=O) groups is 1. The Bertz CT molecular complexity index is 864. The van der Waals surface area contributed by atoms with Crippen LogP contribution in [0, 0.1) is 0 Å². The standard InChI is InChI=1S/C19H15N3O/c20-19(14-8-2-1-3-9-14)16-11-5-4-10-15(16)18(23)22(19)17-12-6-7-13-21-17/h1-13H,20H2/t19-/m0/s1. The minimum Gasteiger partial charge on any atom is -0.301 e. The summed E-state index contributed by atoms with van der Waals surface area (Å²) in [6, 6.07) is 22.6. The number of carbonyl (C=O) groups excluding carboxylic acids is 1. The van der Waals surface area contributed by atoms with E-state index < -0.39 is 5.66 Å². The highest BCUT2D eigenvalue weighted by molar-refractivity contribution is 6.12. The van der Waals surface area contributed by atoms with Gasteiger partial charge in [0, 0.05) is 17.3 Å². The number of anilines is 1. The number of amides is 1. The molecule has 4 heteroatoms. The molecule has 4 rings (SSSR count). The quantitative estimate of drug-likeness (QED) is 0.791. The van der Waals surface area contributed by atoms with E-state index in [1.807, 2.05) is 66.7 Å². The van der Waals surface area contributed by atoms with Crippen molar-refractivity contribution >= 4 is 11.7 Å². The minimum absolute atomic E-state index is 0.134. The molecule has 1 aliphatic rings. The van der Waals surface area contributed by atoms with Gasteiger partial charge in [0.2, 0.25) is 0 Å². The SMILES string of the molecule is N[C@]1(c2ccccc2)c2ccccc2C(=O)N1c1ccccn1. The molecular formula is C19H15N3O. The highest BCUT2D eigenvalue weighted by Gasteiger charge is 2.49. The largest absolute Gasteiger partial charge is 0.301 e. The fourth-order valence-electron chi connectivity index (χ4n) is 3.15. The summed E-state index contributed by atoms with van der Waals surface area (Å²) in [6.45, 7) is 0. The molecule has 0 unspecified atom stereocenters. The van der Waals surface area contributed by atoms with Crippen molar-refractivity contribution in [3.63, 3.8) is 0 Å². The molecule has 1 atom stereocenters. The predicted molar refractivity (Wildman–Crippen MR) is 88.9 cm³/mol. The fraction of sp³-hybridized carbons (Fsp3) is 0.0526. The Labute approximate surface area is 134 Å². The first kappa shape index (κ1) is 13.7. The Balaban J connectivity index is 2.01. The molecule has 0 aliphatic carbocycles. The first-order valence-electron chi connectivity index (χ1n) is 7.42. The highest BCUT2D eigenvalue weighted by Crippen LogP contribution is 2.42. The van der Waals surface area contributed by atoms with Crippen LogP contribution in [0.3, 0.4) is 0 Å². The Morgan fingerprint density at radius 2 is 1.57 bits per heavy atom. The molecule has 2 aromatic carbocycles. The Morgan fingerprint density at radius 1 is 0.870 bits per heavy atom. The van der Waals surface area contributed by atoms with Crippen LogP contribution >= 0.6 is 0 Å². The van der Waals surface area contributed by atoms with Crippen molar-refractivity contribution in [1.82, 2.24) is 4.98 Å². The molecular weight excluding hydrogens is 286 g/mol. The van der Waals surface area contributed by atoms with Gasteiger partial charge in [0.15, 0.2) is 5.66 Å². The van der Waals surface area contributed by atoms with Gasteiger partial charge >= 0.3 is 0 Å². The summed E-state index contributed by atoms with van der Waals surface area (Å²) in [5.74, 6) is 0.408. The van der Waals surface area contributed by atoms with Crippen LogP contribution in [0.25, 0.3) is 0 Å². The lowest BCUT2D eigenvalue weighted by molar-refractivity contribution is 0.0982. The van der Waals surface area contributed by atoms with Crippen LogP contribution in [0.4, 0.5) is 5.82 Å². The molecule has 1 aromatic heterocycles. The van der Waals surface area contributed by atoms with E-state index in [0.717, 1.165) is 11.1 Å². The zero-order chi connectivity index (χ0) is 15.9. The maximum atomic E-state index is 13.0. The van der Waals surface area contributed by atoms with E-state index in [1.54, 1.807) is 17.2 Å². The molecule has 1 aliphatic heterocycles. The number of fused-ring (bicyclic) bond motifs is 1. The molecule has 0 fully saturated rings. The van der Waals surface area contributed by atoms with E-state index in [0.29, 0.717) is 11.4 Å². The third-order valence-corrected chi connectivity index (χ3v) is 4.22. The molecule has 0 bridgehead atoms. The lowest BCUT2D eigenvalue weighted by atomic mass is 9.91. The lowest BCUT2D eigenvalue weighted by Crippen LogP contribution is -2.52. The van der Waals surface area contributed by atoms with E-state index >= 15 is 0 Å². The van der Waals surface area contributed by atoms with Crippen molar-refractivity contribution in [3.05, 3.63) is 95.7 Å². The highest BCUT2D eigenvalue weighted by atomic mass is 16.2. The number of nitrogens with two attached hydrogens (primary N) is 1. The summed E-state index contributed by atoms with van der Waals surface area (Å²) in [6.07, 6.45) is 1.66. The minimum atomic E-state index is -1.07. The van der Waals surface area contributed by atoms with Gasteiger partial charge < -0.3 is 5.73 Å². The van der Waals surface area contributed by atoms with Gasteiger partial charge in [-0.1, -0.05) is 54.6 Å². The lowest BCUT2D eigenvalue weighted by Gasteiger charge is -2.35. The molecule has 1 amide bonds. The summed E-state index contributed by atoms with van der Waals surface area (Å²) in [4.78, 5) is 18.9. The molecule has 4 nitrogen and oxygen atoms in total. The van der Waals surface area contributed by atoms with Crippen molar-refractivity contribution in [2.75, 3.05) is 4.90 Å². The molecule has 3 aromatic rings. The zero-order valence-corrected chi connectivity index (χ0v) is 12.4. The van der Waals surface area contributed by atoms with E-state index in [9.17, 15) is 4.79 Å². The third-order valence-electron chi connectivity index (χ3n) is 4.22. The van der Waals surface area contributed by atoms with Crippen LogP contribution in [-0.2, 0) is 5.66 Å². The second kappa shape index (κ2) is 5.04. The third kappa shape index (κ3) is 1.89. The molecule has 112 valence electrons. The van der Waals surface area contributed by atoms with Crippen molar-refractivity contribution in [2.45, 2.75) is 5.66 Å². The van der Waals surface area contributed by atoms with Crippen molar-refractivity contribution < 1.29 is 4.79 Å². The van der Waals surface area contributed by atoms with Gasteiger partial charge in [-0.25, -0.2) is 4.98 Å². The van der Waals surface area contributed by atoms with E-state index in [2.05, 4.69) is 4.98 Å². The number of nitrogens with zero attached hydrogens (tertiary/aromatic N) is 2. The molecule has 2 heterocycles. The zero-order valence-electron chi connectivity index (χ0n) is 12.4. The fourth-order valence-corrected chi connectivity index (χ4v) is 3.15. The monoisotopic (exact) mass is 301 g/mol. The average Bonchev–Trinajstić information content (AvgIpc) is 2.86. The second-order valence-electron chi connectivity index (χ2n) is 5.51. The first-order chi connectivity index (χ1) is 11.2. The maximum Gasteiger partial charge on any atom is 0.261 e. The van der Waals surface area contributed by atoms with Gasteiger partial charge in [-0.05, 0) is 23.8 Å². The second-order valence-corrected chi connectivity index (χ2v) is 5.51. The van der Waals surface area contributed by atoms with Gasteiger partial charge in [-0.3, -0.25) is 9.69 Å². The topological polar surface area (TPSA) is 59.2 Å². The summed E-state index contributed by atoms with van der Waals surface area (Å²) in [5, 5.41) is 0. The van der Waals surface area contributed by atoms with Gasteiger partial charge in [-0.2, -0.15) is 0 Å². The molecule has 2 N–H and O–H groups in total. The Hall–Kier alpha value is -2.98. The number of aromatic nitrogens is 1. The van der Waals surface area contributed by atoms with Crippen molar-refractivity contribution in [3.8, 4) is 0 Å². The first-order valence-corrected chi connectivity index (χ1v) is 7.42. The summed E-state index contributed by atoms with van der Waals surface area (Å²) < 4.78 is 0. The number of rotatable bonds is 2. The molecule has 0 saturated heterocycles. The van der Waals surface area contributed by atoms with Crippen LogP contribution in [0.1, 0.15) is 21.5 Å². The van der Waals surface area contributed by atoms with E-state index in [4.69, 9.17) is 5.73 Å². The maximum absolute atomic E-state index is 13.0. The van der Waals surface area contributed by atoms with E-state index in [-0.39, 0.29) is 5.91 Å². The summed E-state index contributed by atoms with van der Waals surface area (Å²) in [5.41, 5.74) is 8.02. The Morgan fingerprint density at radius 3 is 2.30 bits per heavy atom. The smallest absolute Gasteiger partial charge is 0.261 e. The summed E-state index contributed by atoms with van der Waals surface area (Å²) >= 11 is 0. The van der Waals surface area contributed by atoms with Gasteiger partial charge in [-0.15, -0.1) is 0 Å². The average molecular weight is 301 g/mol. The number of hydrogen-bond donors (Lipinski definition) is 1. The van der Waals surface area contributed by atoms with E-state index in [1.165, 1.54) is 0 Å².